The minimum Gasteiger partial charge on any atom is -0.497 e. The number of rotatable bonds is 9. The molecular weight excluding hydrogens is 450 g/mol. The Morgan fingerprint density at radius 3 is 1.48 bits per heavy atom. The number of halogens is 1. The molecule has 0 radical (unpaired) electrons. The van der Waals surface area contributed by atoms with E-state index in [1.165, 1.54) is 38.5 Å². The van der Waals surface area contributed by atoms with Crippen molar-refractivity contribution in [2.45, 2.75) is 4.45 Å². The minimum absolute atomic E-state index is 0.194. The highest BCUT2D eigenvalue weighted by Crippen LogP contribution is 2.22. The molecule has 0 spiro atoms. The van der Waals surface area contributed by atoms with Crippen molar-refractivity contribution in [2.24, 2.45) is 0 Å². The molecule has 2 aromatic carbocycles. The molecule has 0 amide bonds. The summed E-state index contributed by atoms with van der Waals surface area (Å²) in [6.45, 7) is -1.30. The number of benzene rings is 2. The fourth-order valence-electron chi connectivity index (χ4n) is 2.12. The van der Waals surface area contributed by atoms with Gasteiger partial charge in [0.05, 0.1) is 25.3 Å². The van der Waals surface area contributed by atoms with E-state index < -0.39 is 34.5 Å². The Hall–Kier alpha value is -3.14. The van der Waals surface area contributed by atoms with Gasteiger partial charge in [0.1, 0.15) is 11.5 Å². The van der Waals surface area contributed by atoms with Gasteiger partial charge < -0.3 is 18.9 Å². The van der Waals surface area contributed by atoms with Crippen LogP contribution in [-0.4, -0.2) is 48.7 Å². The van der Waals surface area contributed by atoms with Crippen LogP contribution < -0.4 is 9.47 Å². The normalized spacial score (nSPS) is 10.7. The number of nitro groups is 1. The van der Waals surface area contributed by atoms with E-state index in [9.17, 15) is 19.7 Å². The highest BCUT2D eigenvalue weighted by Gasteiger charge is 2.43. The van der Waals surface area contributed by atoms with Crippen LogP contribution in [0.25, 0.3) is 0 Å². The van der Waals surface area contributed by atoms with Gasteiger partial charge in [0.15, 0.2) is 13.2 Å². The largest absolute Gasteiger partial charge is 0.497 e. The van der Waals surface area contributed by atoms with E-state index in [0.29, 0.717) is 11.5 Å². The molecule has 29 heavy (non-hydrogen) atoms. The third kappa shape index (κ3) is 5.92. The standard InChI is InChI=1S/C19H18BrNO8/c1-26-15-7-3-13(4-8-15)17(22)28-11-19(20,21(24)25)12-29-18(23)14-5-9-16(27-2)10-6-14/h3-10H,11-12H2,1-2H3. The second-order valence-electron chi connectivity index (χ2n) is 5.78. The summed E-state index contributed by atoms with van der Waals surface area (Å²) >= 11 is 2.90. The van der Waals surface area contributed by atoms with Gasteiger partial charge in [0.2, 0.25) is 0 Å². The summed E-state index contributed by atoms with van der Waals surface area (Å²) < 4.78 is 18.0. The second kappa shape index (κ2) is 9.87. The quantitative estimate of drug-likeness (QED) is 0.181. The average molecular weight is 468 g/mol. The molecule has 0 aromatic heterocycles. The maximum Gasteiger partial charge on any atom is 0.341 e. The van der Waals surface area contributed by atoms with Gasteiger partial charge >= 0.3 is 16.4 Å². The summed E-state index contributed by atoms with van der Waals surface area (Å²) in [5, 5.41) is 11.4. The number of alkyl halides is 1. The van der Waals surface area contributed by atoms with Crippen LogP contribution >= 0.6 is 15.9 Å². The molecule has 0 aliphatic rings. The Kier molecular flexibility index (Phi) is 7.54. The Labute approximate surface area is 174 Å². The summed E-state index contributed by atoms with van der Waals surface area (Å²) in [5.41, 5.74) is 0.387. The van der Waals surface area contributed by atoms with Crippen molar-refractivity contribution < 1.29 is 33.5 Å². The lowest BCUT2D eigenvalue weighted by atomic mass is 10.2. The molecule has 0 bridgehead atoms. The highest BCUT2D eigenvalue weighted by molar-refractivity contribution is 9.10. The molecule has 0 aliphatic heterocycles. The number of hydrogen-bond donors (Lipinski definition) is 0. The number of carbonyl (C=O) groups excluding carboxylic acids is 2. The minimum atomic E-state index is -1.99. The molecule has 10 heteroatoms. The third-order valence-corrected chi connectivity index (χ3v) is 4.57. The lowest BCUT2D eigenvalue weighted by molar-refractivity contribution is -0.541. The summed E-state index contributed by atoms with van der Waals surface area (Å²) in [5.74, 6) is -0.432. The maximum atomic E-state index is 12.1. The molecule has 0 unspecified atom stereocenters. The monoisotopic (exact) mass is 467 g/mol. The van der Waals surface area contributed by atoms with Crippen LogP contribution in [0, 0.1) is 10.1 Å². The van der Waals surface area contributed by atoms with Crippen LogP contribution in [0.3, 0.4) is 0 Å². The summed E-state index contributed by atoms with van der Waals surface area (Å²) in [6.07, 6.45) is 0. The van der Waals surface area contributed by atoms with E-state index in [0.717, 1.165) is 0 Å². The van der Waals surface area contributed by atoms with Crippen LogP contribution in [0.1, 0.15) is 20.7 Å². The first-order valence-corrected chi connectivity index (χ1v) is 9.04. The zero-order chi connectivity index (χ0) is 21.4. The van der Waals surface area contributed by atoms with Gasteiger partial charge in [-0.1, -0.05) is 0 Å². The number of nitrogens with zero attached hydrogens (tertiary/aromatic N) is 1. The van der Waals surface area contributed by atoms with Gasteiger partial charge in [-0.25, -0.2) is 9.59 Å². The molecule has 154 valence electrons. The van der Waals surface area contributed by atoms with Gasteiger partial charge in [-0.3, -0.25) is 10.1 Å². The van der Waals surface area contributed by atoms with Gasteiger partial charge in [0.25, 0.3) is 0 Å². The highest BCUT2D eigenvalue weighted by atomic mass is 79.9. The molecule has 9 nitrogen and oxygen atoms in total. The topological polar surface area (TPSA) is 114 Å². The first kappa shape index (κ1) is 22.2. The summed E-state index contributed by atoms with van der Waals surface area (Å²) in [4.78, 5) is 34.9. The van der Waals surface area contributed by atoms with E-state index in [2.05, 4.69) is 15.9 Å². The molecule has 0 aliphatic carbocycles. The third-order valence-electron chi connectivity index (χ3n) is 3.83. The Morgan fingerprint density at radius 1 is 0.862 bits per heavy atom. The molecule has 0 atom stereocenters. The molecule has 0 N–H and O–H groups in total. The molecule has 0 saturated carbocycles. The predicted molar refractivity (Wildman–Crippen MR) is 105 cm³/mol. The van der Waals surface area contributed by atoms with Gasteiger partial charge in [-0.2, -0.15) is 0 Å². The molecule has 0 heterocycles. The van der Waals surface area contributed by atoms with Crippen molar-refractivity contribution in [3.8, 4) is 11.5 Å². The van der Waals surface area contributed by atoms with Gasteiger partial charge in [-0.15, -0.1) is 0 Å². The SMILES string of the molecule is COc1ccc(C(=O)OCC(Br)(COC(=O)c2ccc(OC)cc2)[N+](=O)[O-])cc1. The van der Waals surface area contributed by atoms with Crippen molar-refractivity contribution >= 4 is 27.9 Å². The van der Waals surface area contributed by atoms with E-state index in [1.54, 1.807) is 24.3 Å². The summed E-state index contributed by atoms with van der Waals surface area (Å²) in [6, 6.07) is 12.1. The second-order valence-corrected chi connectivity index (χ2v) is 7.26. The number of carbonyl (C=O) groups is 2. The van der Waals surface area contributed by atoms with E-state index in [1.807, 2.05) is 0 Å². The lowest BCUT2D eigenvalue weighted by Crippen LogP contribution is -2.42. The van der Waals surface area contributed by atoms with E-state index in [4.69, 9.17) is 18.9 Å². The predicted octanol–water partition coefficient (Wildman–Crippen LogP) is 3.09. The maximum absolute atomic E-state index is 12.1. The molecular formula is C19H18BrNO8. The van der Waals surface area contributed by atoms with Crippen molar-refractivity contribution in [2.75, 3.05) is 27.4 Å². The van der Waals surface area contributed by atoms with Crippen molar-refractivity contribution in [1.29, 1.82) is 0 Å². The van der Waals surface area contributed by atoms with Crippen molar-refractivity contribution in [3.63, 3.8) is 0 Å². The Morgan fingerprint density at radius 2 is 1.21 bits per heavy atom. The Bertz CT molecular complexity index is 803. The first-order chi connectivity index (χ1) is 13.8. The summed E-state index contributed by atoms with van der Waals surface area (Å²) in [7, 11) is 2.97. The molecule has 2 rings (SSSR count). The smallest absolute Gasteiger partial charge is 0.341 e. The first-order valence-electron chi connectivity index (χ1n) is 8.25. The van der Waals surface area contributed by atoms with Crippen LogP contribution in [0.2, 0.25) is 0 Å². The zero-order valence-corrected chi connectivity index (χ0v) is 17.2. The Balaban J connectivity index is 1.97. The van der Waals surface area contributed by atoms with Crippen LogP contribution in [-0.2, 0) is 9.47 Å². The van der Waals surface area contributed by atoms with E-state index in [-0.39, 0.29) is 11.1 Å². The molecule has 0 saturated heterocycles. The fourth-order valence-corrected chi connectivity index (χ4v) is 2.35. The molecule has 0 fully saturated rings. The van der Waals surface area contributed by atoms with E-state index >= 15 is 0 Å². The molecule has 2 aromatic rings. The van der Waals surface area contributed by atoms with Crippen LogP contribution in [0.5, 0.6) is 11.5 Å². The van der Waals surface area contributed by atoms with Gasteiger partial charge in [-0.05, 0) is 48.5 Å². The van der Waals surface area contributed by atoms with Gasteiger partial charge in [0, 0.05) is 20.9 Å². The number of hydrogen-bond acceptors (Lipinski definition) is 8. The fraction of sp³-hybridized carbons (Fsp3) is 0.263. The average Bonchev–Trinajstić information content (AvgIpc) is 2.75. The van der Waals surface area contributed by atoms with Crippen LogP contribution in [0.15, 0.2) is 48.5 Å². The lowest BCUT2D eigenvalue weighted by Gasteiger charge is -2.18. The number of methoxy groups -OCH3 is 2. The number of ether oxygens (including phenoxy) is 4. The van der Waals surface area contributed by atoms with Crippen molar-refractivity contribution in [1.82, 2.24) is 0 Å². The van der Waals surface area contributed by atoms with Crippen LogP contribution in [0.4, 0.5) is 0 Å². The number of esters is 2. The van der Waals surface area contributed by atoms with Crippen molar-refractivity contribution in [3.05, 3.63) is 69.8 Å². The zero-order valence-electron chi connectivity index (χ0n) is 15.6.